The average Bonchev–Trinajstić information content (AvgIpc) is 3.34. The zero-order valence-electron chi connectivity index (χ0n) is 23.9. The molecule has 1 rings (SSSR count). The van der Waals surface area contributed by atoms with E-state index >= 15 is 0 Å². The number of carbonyl (C=O) groups excluding carboxylic acids is 5. The summed E-state index contributed by atoms with van der Waals surface area (Å²) in [6, 6.07) is -4.66. The highest BCUT2D eigenvalue weighted by molar-refractivity contribution is 7.46. The number of phosphoric ester groups is 1. The first-order valence-corrected chi connectivity index (χ1v) is 14.8. The van der Waals surface area contributed by atoms with Crippen LogP contribution >= 0.6 is 7.82 Å². The molecule has 0 saturated carbocycles. The van der Waals surface area contributed by atoms with Crippen LogP contribution in [0.2, 0.25) is 0 Å². The number of ketones is 1. The SMILES string of the molecule is CN[C@@H](CC(C)C)C(=O)N1CCC[C@H]1C(=O)N[C@@H](CCC(=O)O)C(=O)N[C@H](C(=O)NCC(C)=O)C(C)OP(=O)(O)O. The molecule has 0 spiro atoms. The van der Waals surface area contributed by atoms with Crippen molar-refractivity contribution in [3.05, 3.63) is 0 Å². The topological polar surface area (TPSA) is 241 Å². The molecule has 1 saturated heterocycles. The zero-order valence-corrected chi connectivity index (χ0v) is 24.8. The number of Topliss-reactive ketones (excluding diaryl/α,β-unsaturated/α-hetero) is 1. The second kappa shape index (κ2) is 16.5. The van der Waals surface area contributed by atoms with E-state index in [9.17, 15) is 43.1 Å². The van der Waals surface area contributed by atoms with Crippen LogP contribution in [-0.2, 0) is 37.9 Å². The maximum atomic E-state index is 13.3. The van der Waals surface area contributed by atoms with Crippen molar-refractivity contribution < 1.29 is 52.7 Å². The standard InChI is InChI=1S/C24H42N5O11P/c1-13(2)11-17(25-5)24(36)29-10-6-7-18(29)22(34)27-16(8-9-19(31)32)21(33)28-20(15(4)40-41(37,38)39)23(35)26-12-14(3)30/h13,15-18,20,25H,6-12H2,1-5H3,(H,26,35)(H,27,34)(H,28,33)(H,31,32)(H2,37,38,39)/t15?,16-,17-,18-,20-/m0/s1. The van der Waals surface area contributed by atoms with Gasteiger partial charge in [0.1, 0.15) is 23.9 Å². The summed E-state index contributed by atoms with van der Waals surface area (Å²) in [6.45, 7) is 6.06. The number of carboxylic acids is 1. The van der Waals surface area contributed by atoms with Crippen LogP contribution in [0.4, 0.5) is 0 Å². The number of hydrogen-bond donors (Lipinski definition) is 7. The minimum atomic E-state index is -5.11. The molecular weight excluding hydrogens is 565 g/mol. The number of nitrogens with one attached hydrogen (secondary N) is 4. The molecule has 0 aromatic carbocycles. The highest BCUT2D eigenvalue weighted by atomic mass is 31.2. The number of rotatable bonds is 17. The zero-order chi connectivity index (χ0) is 31.5. The molecule has 1 heterocycles. The Morgan fingerprint density at radius 3 is 2.17 bits per heavy atom. The molecule has 4 amide bonds. The fraction of sp³-hybridized carbons (Fsp3) is 0.750. The fourth-order valence-electron chi connectivity index (χ4n) is 4.37. The number of carboxylic acid groups (broad SMARTS) is 1. The normalized spacial score (nSPS) is 18.2. The van der Waals surface area contributed by atoms with Gasteiger partial charge < -0.3 is 41.1 Å². The van der Waals surface area contributed by atoms with Crippen LogP contribution in [0.25, 0.3) is 0 Å². The highest BCUT2D eigenvalue weighted by Gasteiger charge is 2.39. The van der Waals surface area contributed by atoms with E-state index in [0.29, 0.717) is 25.8 Å². The summed E-state index contributed by atoms with van der Waals surface area (Å²) in [4.78, 5) is 94.6. The largest absolute Gasteiger partial charge is 0.481 e. The van der Waals surface area contributed by atoms with E-state index in [2.05, 4.69) is 25.8 Å². The molecule has 16 nitrogen and oxygen atoms in total. The first-order valence-electron chi connectivity index (χ1n) is 13.3. The van der Waals surface area contributed by atoms with Gasteiger partial charge in [-0.3, -0.25) is 33.3 Å². The van der Waals surface area contributed by atoms with Crippen LogP contribution in [0, 0.1) is 5.92 Å². The number of aliphatic carboxylic acids is 1. The monoisotopic (exact) mass is 607 g/mol. The lowest BCUT2D eigenvalue weighted by atomic mass is 10.0. The van der Waals surface area contributed by atoms with E-state index in [4.69, 9.17) is 5.11 Å². The van der Waals surface area contributed by atoms with Crippen LogP contribution in [0.3, 0.4) is 0 Å². The van der Waals surface area contributed by atoms with Crippen molar-refractivity contribution >= 4 is 43.2 Å². The summed E-state index contributed by atoms with van der Waals surface area (Å²) in [5.41, 5.74) is 0. The van der Waals surface area contributed by atoms with Crippen LogP contribution < -0.4 is 21.3 Å². The summed E-state index contributed by atoms with van der Waals surface area (Å²) in [5, 5.41) is 19.0. The van der Waals surface area contributed by atoms with Gasteiger partial charge in [0.2, 0.25) is 23.6 Å². The van der Waals surface area contributed by atoms with Crippen molar-refractivity contribution in [1.29, 1.82) is 0 Å². The lowest BCUT2D eigenvalue weighted by molar-refractivity contribution is -0.141. The summed E-state index contributed by atoms with van der Waals surface area (Å²) in [6.07, 6.45) is -1.15. The Balaban J connectivity index is 3.17. The summed E-state index contributed by atoms with van der Waals surface area (Å²) >= 11 is 0. The number of phosphoric acid groups is 1. The van der Waals surface area contributed by atoms with Crippen LogP contribution in [0.15, 0.2) is 0 Å². The molecule has 41 heavy (non-hydrogen) atoms. The Bertz CT molecular complexity index is 1020. The van der Waals surface area contributed by atoms with E-state index in [1.165, 1.54) is 11.8 Å². The molecule has 1 fully saturated rings. The fourth-order valence-corrected chi connectivity index (χ4v) is 4.93. The average molecular weight is 608 g/mol. The Morgan fingerprint density at radius 1 is 1.02 bits per heavy atom. The Hall–Kier alpha value is -2.91. The van der Waals surface area contributed by atoms with Crippen molar-refractivity contribution in [1.82, 2.24) is 26.2 Å². The van der Waals surface area contributed by atoms with Gasteiger partial charge in [-0.2, -0.15) is 0 Å². The lowest BCUT2D eigenvalue weighted by Gasteiger charge is -2.30. The number of hydrogen-bond acceptors (Lipinski definition) is 9. The first-order chi connectivity index (χ1) is 19.0. The number of carbonyl (C=O) groups is 6. The molecule has 17 heteroatoms. The van der Waals surface area contributed by atoms with E-state index < -0.39 is 87.0 Å². The summed E-state index contributed by atoms with van der Waals surface area (Å²) in [7, 11) is -3.47. The summed E-state index contributed by atoms with van der Waals surface area (Å²) < 4.78 is 15.9. The van der Waals surface area contributed by atoms with Crippen LogP contribution in [-0.4, -0.2) is 106 Å². The van der Waals surface area contributed by atoms with Gasteiger partial charge in [-0.05, 0) is 52.5 Å². The second-order valence-corrected chi connectivity index (χ2v) is 11.6. The number of nitrogens with zero attached hydrogens (tertiary/aromatic N) is 1. The molecule has 1 unspecified atom stereocenters. The van der Waals surface area contributed by atoms with Gasteiger partial charge in [-0.25, -0.2) is 4.57 Å². The van der Waals surface area contributed by atoms with Crippen LogP contribution in [0.5, 0.6) is 0 Å². The Kier molecular flexibility index (Phi) is 14.5. The summed E-state index contributed by atoms with van der Waals surface area (Å²) in [5.74, 6) is -4.53. The molecular formula is C24H42N5O11P. The number of amides is 4. The lowest BCUT2D eigenvalue weighted by Crippen LogP contribution is -2.59. The number of likely N-dealkylation sites (N-methyl/N-ethyl adjacent to an activating group) is 1. The highest BCUT2D eigenvalue weighted by Crippen LogP contribution is 2.38. The third-order valence-electron chi connectivity index (χ3n) is 6.34. The predicted octanol–water partition coefficient (Wildman–Crippen LogP) is -1.35. The third kappa shape index (κ3) is 12.6. The van der Waals surface area contributed by atoms with Crippen molar-refractivity contribution in [2.45, 2.75) is 90.1 Å². The van der Waals surface area contributed by atoms with Gasteiger partial charge >= 0.3 is 13.8 Å². The predicted molar refractivity (Wildman–Crippen MR) is 144 cm³/mol. The van der Waals surface area contributed by atoms with Gasteiger partial charge in [0.25, 0.3) is 0 Å². The Morgan fingerprint density at radius 2 is 1.66 bits per heavy atom. The van der Waals surface area contributed by atoms with Gasteiger partial charge in [0.05, 0.1) is 18.7 Å². The van der Waals surface area contributed by atoms with Crippen molar-refractivity contribution in [3.8, 4) is 0 Å². The molecule has 1 aliphatic rings. The first kappa shape index (κ1) is 36.1. The molecule has 1 aliphatic heterocycles. The van der Waals surface area contributed by atoms with Crippen molar-refractivity contribution in [3.63, 3.8) is 0 Å². The van der Waals surface area contributed by atoms with Gasteiger partial charge in [0.15, 0.2) is 0 Å². The van der Waals surface area contributed by atoms with E-state index in [1.54, 1.807) is 7.05 Å². The smallest absolute Gasteiger partial charge is 0.469 e. The minimum absolute atomic E-state index is 0.202. The molecule has 0 bridgehead atoms. The maximum Gasteiger partial charge on any atom is 0.469 e. The van der Waals surface area contributed by atoms with E-state index in [-0.39, 0.29) is 11.8 Å². The Labute approximate surface area is 238 Å². The van der Waals surface area contributed by atoms with Gasteiger partial charge in [-0.15, -0.1) is 0 Å². The maximum absolute atomic E-state index is 13.3. The van der Waals surface area contributed by atoms with Gasteiger partial charge in [-0.1, -0.05) is 13.8 Å². The van der Waals surface area contributed by atoms with E-state index in [0.717, 1.165) is 6.92 Å². The molecule has 5 atom stereocenters. The molecule has 7 N–H and O–H groups in total. The molecule has 0 aromatic heterocycles. The minimum Gasteiger partial charge on any atom is -0.481 e. The number of likely N-dealkylation sites (tertiary alicyclic amines) is 1. The molecule has 0 radical (unpaired) electrons. The molecule has 0 aromatic rings. The van der Waals surface area contributed by atoms with Gasteiger partial charge in [0, 0.05) is 13.0 Å². The third-order valence-corrected chi connectivity index (χ3v) is 6.94. The van der Waals surface area contributed by atoms with Crippen LogP contribution in [0.1, 0.15) is 59.8 Å². The molecule has 0 aliphatic carbocycles. The quantitative estimate of drug-likeness (QED) is 0.0950. The molecule has 234 valence electrons. The second-order valence-electron chi connectivity index (χ2n) is 10.4. The van der Waals surface area contributed by atoms with Crippen molar-refractivity contribution in [2.24, 2.45) is 5.92 Å². The van der Waals surface area contributed by atoms with Crippen molar-refractivity contribution in [2.75, 3.05) is 20.1 Å². The van der Waals surface area contributed by atoms with E-state index in [1.807, 2.05) is 13.8 Å².